The van der Waals surface area contributed by atoms with Crippen LogP contribution in [0.4, 0.5) is 0 Å². The van der Waals surface area contributed by atoms with Gasteiger partial charge < -0.3 is 5.32 Å². The minimum absolute atomic E-state index is 0.439. The van der Waals surface area contributed by atoms with Crippen LogP contribution in [-0.4, -0.2) is 36.6 Å². The van der Waals surface area contributed by atoms with E-state index in [0.29, 0.717) is 12.1 Å². The molecule has 0 radical (unpaired) electrons. The third kappa shape index (κ3) is 4.95. The van der Waals surface area contributed by atoms with Gasteiger partial charge in [0, 0.05) is 18.6 Å². The van der Waals surface area contributed by atoms with Crippen molar-refractivity contribution in [1.82, 2.24) is 10.2 Å². The van der Waals surface area contributed by atoms with E-state index in [-0.39, 0.29) is 0 Å². The quantitative estimate of drug-likeness (QED) is 0.719. The molecule has 1 atom stereocenters. The highest BCUT2D eigenvalue weighted by Gasteiger charge is 2.18. The summed E-state index contributed by atoms with van der Waals surface area (Å²) in [4.78, 5) is 2.53. The molecule has 1 aliphatic rings. The number of rotatable bonds is 5. The molecule has 1 heterocycles. The largest absolute Gasteiger partial charge is 0.308 e. The van der Waals surface area contributed by atoms with Gasteiger partial charge in [0.1, 0.15) is 0 Å². The topological polar surface area (TPSA) is 15.3 Å². The number of hydrogen-bond acceptors (Lipinski definition) is 2. The van der Waals surface area contributed by atoms with Gasteiger partial charge in [-0.25, -0.2) is 0 Å². The van der Waals surface area contributed by atoms with Gasteiger partial charge in [0.25, 0.3) is 0 Å². The Balaban J connectivity index is 2.23. The van der Waals surface area contributed by atoms with E-state index in [0.717, 1.165) is 6.54 Å². The molecule has 2 heteroatoms. The van der Waals surface area contributed by atoms with E-state index in [1.807, 2.05) is 6.08 Å². The average Bonchev–Trinajstić information content (AvgIpc) is 2.28. The molecule has 16 heavy (non-hydrogen) atoms. The molecule has 1 rings (SSSR count). The molecule has 0 aliphatic carbocycles. The van der Waals surface area contributed by atoms with Gasteiger partial charge in [0.05, 0.1) is 0 Å². The molecule has 1 aliphatic heterocycles. The summed E-state index contributed by atoms with van der Waals surface area (Å²) in [7, 11) is 0. The summed E-state index contributed by atoms with van der Waals surface area (Å²) in [5.41, 5.74) is 1.42. The lowest BCUT2D eigenvalue weighted by molar-refractivity contribution is 0.212. The third-order valence-electron chi connectivity index (χ3n) is 3.20. The summed E-state index contributed by atoms with van der Waals surface area (Å²) in [5, 5.41) is 3.59. The van der Waals surface area contributed by atoms with E-state index >= 15 is 0 Å². The standard InChI is InChI=1S/C14H26N2/c1-5-13(4)15-14-7-10-16(11-8-14)9-6-12(2)3/h5-6,13-15H,1,7-11H2,2-4H3. The van der Waals surface area contributed by atoms with Crippen molar-refractivity contribution >= 4 is 0 Å². The van der Waals surface area contributed by atoms with Gasteiger partial charge in [-0.15, -0.1) is 6.58 Å². The Morgan fingerprint density at radius 2 is 2.06 bits per heavy atom. The fourth-order valence-corrected chi connectivity index (χ4v) is 2.03. The van der Waals surface area contributed by atoms with Crippen molar-refractivity contribution < 1.29 is 0 Å². The van der Waals surface area contributed by atoms with Crippen LogP contribution in [0.3, 0.4) is 0 Å². The number of hydrogen-bond donors (Lipinski definition) is 1. The molecule has 1 unspecified atom stereocenters. The zero-order valence-corrected chi connectivity index (χ0v) is 11.0. The van der Waals surface area contributed by atoms with E-state index in [4.69, 9.17) is 0 Å². The van der Waals surface area contributed by atoms with Gasteiger partial charge >= 0.3 is 0 Å². The second kappa shape index (κ2) is 6.87. The Kier molecular flexibility index (Phi) is 5.78. The molecule has 92 valence electrons. The second-order valence-electron chi connectivity index (χ2n) is 5.05. The number of piperidine rings is 1. The monoisotopic (exact) mass is 222 g/mol. The molecular formula is C14H26N2. The van der Waals surface area contributed by atoms with Crippen molar-refractivity contribution in [1.29, 1.82) is 0 Å². The van der Waals surface area contributed by atoms with Gasteiger partial charge in [0.2, 0.25) is 0 Å². The van der Waals surface area contributed by atoms with E-state index in [1.165, 1.54) is 31.5 Å². The predicted molar refractivity (Wildman–Crippen MR) is 71.7 cm³/mol. The first-order chi connectivity index (χ1) is 7.61. The van der Waals surface area contributed by atoms with Crippen LogP contribution in [0.15, 0.2) is 24.3 Å². The van der Waals surface area contributed by atoms with Crippen molar-refractivity contribution in [3.8, 4) is 0 Å². The summed E-state index contributed by atoms with van der Waals surface area (Å²) < 4.78 is 0. The summed E-state index contributed by atoms with van der Waals surface area (Å²) in [6.07, 6.45) is 6.82. The Morgan fingerprint density at radius 3 is 2.56 bits per heavy atom. The van der Waals surface area contributed by atoms with Crippen molar-refractivity contribution in [2.75, 3.05) is 19.6 Å². The van der Waals surface area contributed by atoms with Crippen LogP contribution in [0.1, 0.15) is 33.6 Å². The highest BCUT2D eigenvalue weighted by molar-refractivity contribution is 4.96. The van der Waals surface area contributed by atoms with Crippen LogP contribution in [-0.2, 0) is 0 Å². The van der Waals surface area contributed by atoms with Gasteiger partial charge in [0.15, 0.2) is 0 Å². The molecule has 0 bridgehead atoms. The van der Waals surface area contributed by atoms with E-state index in [1.54, 1.807) is 0 Å². The second-order valence-corrected chi connectivity index (χ2v) is 5.05. The molecule has 1 saturated heterocycles. The van der Waals surface area contributed by atoms with E-state index < -0.39 is 0 Å². The summed E-state index contributed by atoms with van der Waals surface area (Å²) >= 11 is 0. The highest BCUT2D eigenvalue weighted by Crippen LogP contribution is 2.11. The summed E-state index contributed by atoms with van der Waals surface area (Å²) in [6.45, 7) is 13.9. The first kappa shape index (κ1) is 13.5. The zero-order valence-electron chi connectivity index (χ0n) is 11.0. The molecule has 0 amide bonds. The first-order valence-corrected chi connectivity index (χ1v) is 6.36. The molecule has 0 spiro atoms. The minimum atomic E-state index is 0.439. The summed E-state index contributed by atoms with van der Waals surface area (Å²) in [6, 6.07) is 1.12. The first-order valence-electron chi connectivity index (χ1n) is 6.36. The molecule has 2 nitrogen and oxygen atoms in total. The molecule has 0 aromatic carbocycles. The maximum absolute atomic E-state index is 3.81. The van der Waals surface area contributed by atoms with Gasteiger partial charge in [-0.3, -0.25) is 4.90 Å². The lowest BCUT2D eigenvalue weighted by atomic mass is 10.0. The molecule has 0 aromatic heterocycles. The van der Waals surface area contributed by atoms with Crippen LogP contribution < -0.4 is 5.32 Å². The van der Waals surface area contributed by atoms with Gasteiger partial charge in [-0.2, -0.15) is 0 Å². The molecular weight excluding hydrogens is 196 g/mol. The summed E-state index contributed by atoms with van der Waals surface area (Å²) in [5.74, 6) is 0. The van der Waals surface area contributed by atoms with E-state index in [9.17, 15) is 0 Å². The Morgan fingerprint density at radius 1 is 1.44 bits per heavy atom. The Labute approximate surface area is 100 Å². The molecule has 1 N–H and O–H groups in total. The molecule has 0 aromatic rings. The Hall–Kier alpha value is -0.600. The minimum Gasteiger partial charge on any atom is -0.308 e. The zero-order chi connectivity index (χ0) is 12.0. The van der Waals surface area contributed by atoms with Crippen molar-refractivity contribution in [3.05, 3.63) is 24.3 Å². The number of allylic oxidation sites excluding steroid dienone is 1. The average molecular weight is 222 g/mol. The van der Waals surface area contributed by atoms with Gasteiger partial charge in [-0.05, 0) is 46.7 Å². The van der Waals surface area contributed by atoms with E-state index in [2.05, 4.69) is 43.6 Å². The number of likely N-dealkylation sites (tertiary alicyclic amines) is 1. The predicted octanol–water partition coefficient (Wildman–Crippen LogP) is 2.58. The van der Waals surface area contributed by atoms with Crippen molar-refractivity contribution in [2.24, 2.45) is 0 Å². The third-order valence-corrected chi connectivity index (χ3v) is 3.20. The van der Waals surface area contributed by atoms with Crippen molar-refractivity contribution in [2.45, 2.75) is 45.7 Å². The lowest BCUT2D eigenvalue weighted by Gasteiger charge is -2.32. The fourth-order valence-electron chi connectivity index (χ4n) is 2.03. The lowest BCUT2D eigenvalue weighted by Crippen LogP contribution is -2.44. The fraction of sp³-hybridized carbons (Fsp3) is 0.714. The normalized spacial score (nSPS) is 20.4. The number of nitrogens with one attached hydrogen (secondary N) is 1. The van der Waals surface area contributed by atoms with Crippen LogP contribution in [0.2, 0.25) is 0 Å². The van der Waals surface area contributed by atoms with Crippen LogP contribution >= 0.6 is 0 Å². The smallest absolute Gasteiger partial charge is 0.0221 e. The highest BCUT2D eigenvalue weighted by atomic mass is 15.1. The van der Waals surface area contributed by atoms with Gasteiger partial charge in [-0.1, -0.05) is 17.7 Å². The maximum atomic E-state index is 3.81. The van der Waals surface area contributed by atoms with Crippen LogP contribution in [0, 0.1) is 0 Å². The Bertz CT molecular complexity index is 233. The van der Waals surface area contributed by atoms with Crippen molar-refractivity contribution in [3.63, 3.8) is 0 Å². The maximum Gasteiger partial charge on any atom is 0.0221 e. The van der Waals surface area contributed by atoms with Crippen LogP contribution in [0.25, 0.3) is 0 Å². The number of nitrogens with zero attached hydrogens (tertiary/aromatic N) is 1. The van der Waals surface area contributed by atoms with Crippen LogP contribution in [0.5, 0.6) is 0 Å². The SMILES string of the molecule is C=CC(C)NC1CCN(CC=C(C)C)CC1. The molecule has 1 fully saturated rings. The molecule has 0 saturated carbocycles.